The van der Waals surface area contributed by atoms with Gasteiger partial charge in [0.2, 0.25) is 11.8 Å². The smallest absolute Gasteiger partial charge is 0.232 e. The molecule has 4 rings (SSSR count). The lowest BCUT2D eigenvalue weighted by molar-refractivity contribution is -0.115. The topological polar surface area (TPSA) is 68.0 Å². The maximum Gasteiger partial charge on any atom is 0.232 e. The van der Waals surface area contributed by atoms with Crippen molar-refractivity contribution in [1.82, 2.24) is 9.97 Å². The number of thiazole rings is 1. The van der Waals surface area contributed by atoms with E-state index in [0.717, 1.165) is 16.1 Å². The molecule has 5 nitrogen and oxygen atoms in total. The molecule has 0 saturated carbocycles. The molecule has 1 N–H and O–H groups in total. The molecule has 0 saturated heterocycles. The molecule has 26 heavy (non-hydrogen) atoms. The van der Waals surface area contributed by atoms with Gasteiger partial charge in [0.15, 0.2) is 5.13 Å². The summed E-state index contributed by atoms with van der Waals surface area (Å²) in [5, 5.41) is 5.23. The first-order valence-electron chi connectivity index (χ1n) is 7.68. The normalized spacial score (nSPS) is 10.8. The quantitative estimate of drug-likeness (QED) is 0.488. The summed E-state index contributed by atoms with van der Waals surface area (Å²) < 4.78 is 6.16. The van der Waals surface area contributed by atoms with Gasteiger partial charge in [-0.1, -0.05) is 29.8 Å². The minimum absolute atomic E-state index is 0.121. The highest BCUT2D eigenvalue weighted by Gasteiger charge is 2.13. The zero-order valence-electron chi connectivity index (χ0n) is 13.3. The van der Waals surface area contributed by atoms with Gasteiger partial charge in [0.25, 0.3) is 0 Å². The largest absolute Gasteiger partial charge is 0.444 e. The van der Waals surface area contributed by atoms with Crippen molar-refractivity contribution in [3.05, 3.63) is 64.1 Å². The first kappa shape index (κ1) is 17.0. The van der Waals surface area contributed by atoms with Crippen LogP contribution in [-0.2, 0) is 11.2 Å². The van der Waals surface area contributed by atoms with Crippen LogP contribution in [0.15, 0.2) is 58.5 Å². The van der Waals surface area contributed by atoms with Crippen molar-refractivity contribution in [3.63, 3.8) is 0 Å². The van der Waals surface area contributed by atoms with Gasteiger partial charge in [-0.2, -0.15) is 0 Å². The van der Waals surface area contributed by atoms with E-state index >= 15 is 0 Å². The van der Waals surface area contributed by atoms with Gasteiger partial charge < -0.3 is 9.73 Å². The molecule has 8 heteroatoms. The van der Waals surface area contributed by atoms with E-state index in [9.17, 15) is 4.79 Å². The van der Waals surface area contributed by atoms with E-state index in [0.29, 0.717) is 21.1 Å². The van der Waals surface area contributed by atoms with Crippen LogP contribution in [0.5, 0.6) is 0 Å². The van der Waals surface area contributed by atoms with Gasteiger partial charge in [-0.15, -0.1) is 22.7 Å². The molecule has 4 aromatic rings. The molecule has 1 aromatic carbocycles. The van der Waals surface area contributed by atoms with E-state index in [4.69, 9.17) is 16.0 Å². The highest BCUT2D eigenvalue weighted by Crippen LogP contribution is 2.32. The number of oxazole rings is 1. The number of nitrogens with zero attached hydrogens (tertiary/aromatic N) is 2. The fraction of sp³-hybridized carbons (Fsp3) is 0.0556. The van der Waals surface area contributed by atoms with Crippen molar-refractivity contribution in [1.29, 1.82) is 0 Å². The van der Waals surface area contributed by atoms with Crippen LogP contribution in [0.25, 0.3) is 22.0 Å². The standard InChI is InChI=1S/C18H12ClN3O2S2/c19-15-7-6-14(26-15)13-10-25-18(21-13)22-16(23)8-12-9-24-17(20-12)11-4-2-1-3-5-11/h1-7,9-10H,8H2,(H,21,22,23). The minimum Gasteiger partial charge on any atom is -0.444 e. The monoisotopic (exact) mass is 401 g/mol. The summed E-state index contributed by atoms with van der Waals surface area (Å²) in [6.45, 7) is 0. The van der Waals surface area contributed by atoms with Crippen LogP contribution in [0.4, 0.5) is 5.13 Å². The van der Waals surface area contributed by atoms with E-state index in [-0.39, 0.29) is 12.3 Å². The molecule has 130 valence electrons. The lowest BCUT2D eigenvalue weighted by atomic mass is 10.2. The summed E-state index contributed by atoms with van der Waals surface area (Å²) >= 11 is 8.77. The summed E-state index contributed by atoms with van der Waals surface area (Å²) in [5.41, 5.74) is 2.25. The van der Waals surface area contributed by atoms with Crippen molar-refractivity contribution in [3.8, 4) is 22.0 Å². The lowest BCUT2D eigenvalue weighted by Gasteiger charge is -1.98. The second-order valence-corrected chi connectivity index (χ2v) is 7.95. The maximum atomic E-state index is 12.2. The van der Waals surface area contributed by atoms with Crippen LogP contribution < -0.4 is 5.32 Å². The summed E-state index contributed by atoms with van der Waals surface area (Å²) in [7, 11) is 0. The van der Waals surface area contributed by atoms with Gasteiger partial charge in [0.05, 0.1) is 27.0 Å². The summed E-state index contributed by atoms with van der Waals surface area (Å²) in [6, 6.07) is 13.3. The molecule has 0 aliphatic rings. The first-order chi connectivity index (χ1) is 12.7. The predicted molar refractivity (Wildman–Crippen MR) is 105 cm³/mol. The average Bonchev–Trinajstić information content (AvgIpc) is 3.37. The number of nitrogens with one attached hydrogen (secondary N) is 1. The molecule has 0 radical (unpaired) electrons. The number of carbonyl (C=O) groups excluding carboxylic acids is 1. The summed E-state index contributed by atoms with van der Waals surface area (Å²) in [5.74, 6) is 0.308. The van der Waals surface area contributed by atoms with Gasteiger partial charge in [-0.3, -0.25) is 4.79 Å². The Morgan fingerprint density at radius 1 is 1.15 bits per heavy atom. The molecule has 3 aromatic heterocycles. The average molecular weight is 402 g/mol. The van der Waals surface area contributed by atoms with Gasteiger partial charge in [-0.25, -0.2) is 9.97 Å². The first-order valence-corrected chi connectivity index (χ1v) is 9.76. The highest BCUT2D eigenvalue weighted by atomic mass is 35.5. The Labute approximate surface area is 162 Å². The fourth-order valence-corrected chi connectivity index (χ4v) is 4.13. The Bertz CT molecular complexity index is 1040. The van der Waals surface area contributed by atoms with Crippen LogP contribution in [0, 0.1) is 0 Å². The second-order valence-electron chi connectivity index (χ2n) is 5.38. The van der Waals surface area contributed by atoms with E-state index < -0.39 is 0 Å². The van der Waals surface area contributed by atoms with Gasteiger partial charge in [0.1, 0.15) is 6.26 Å². The Kier molecular flexibility index (Phi) is 4.83. The van der Waals surface area contributed by atoms with E-state index in [1.807, 2.05) is 47.8 Å². The molecule has 0 aliphatic carbocycles. The van der Waals surface area contributed by atoms with Crippen LogP contribution in [0.1, 0.15) is 5.69 Å². The number of hydrogen-bond donors (Lipinski definition) is 1. The minimum atomic E-state index is -0.192. The Balaban J connectivity index is 1.40. The highest BCUT2D eigenvalue weighted by molar-refractivity contribution is 7.20. The number of anilines is 1. The molecule has 0 unspecified atom stereocenters. The third-order valence-corrected chi connectivity index (χ3v) is 5.50. The van der Waals surface area contributed by atoms with E-state index in [2.05, 4.69) is 15.3 Å². The number of halogens is 1. The molecule has 1 amide bonds. The Morgan fingerprint density at radius 2 is 2.00 bits per heavy atom. The number of amides is 1. The number of thiophene rings is 1. The van der Waals surface area contributed by atoms with Gasteiger partial charge in [-0.05, 0) is 24.3 Å². The lowest BCUT2D eigenvalue weighted by Crippen LogP contribution is -2.14. The van der Waals surface area contributed by atoms with Crippen molar-refractivity contribution in [2.45, 2.75) is 6.42 Å². The third kappa shape index (κ3) is 3.85. The summed E-state index contributed by atoms with van der Waals surface area (Å²) in [4.78, 5) is 22.0. The van der Waals surface area contributed by atoms with E-state index in [1.54, 1.807) is 0 Å². The molecule has 3 heterocycles. The Morgan fingerprint density at radius 3 is 2.77 bits per heavy atom. The van der Waals surface area contributed by atoms with Crippen molar-refractivity contribution >= 4 is 45.3 Å². The second kappa shape index (κ2) is 7.41. The van der Waals surface area contributed by atoms with Gasteiger partial charge in [0, 0.05) is 10.9 Å². The number of hydrogen-bond acceptors (Lipinski definition) is 6. The number of aromatic nitrogens is 2. The van der Waals surface area contributed by atoms with Crippen LogP contribution in [-0.4, -0.2) is 15.9 Å². The van der Waals surface area contributed by atoms with Crippen molar-refractivity contribution in [2.24, 2.45) is 0 Å². The van der Waals surface area contributed by atoms with Crippen molar-refractivity contribution < 1.29 is 9.21 Å². The summed E-state index contributed by atoms with van der Waals surface area (Å²) in [6.07, 6.45) is 1.62. The van der Waals surface area contributed by atoms with Crippen LogP contribution in [0.2, 0.25) is 4.34 Å². The molecule has 0 fully saturated rings. The zero-order chi connectivity index (χ0) is 17.9. The van der Waals surface area contributed by atoms with Crippen molar-refractivity contribution in [2.75, 3.05) is 5.32 Å². The third-order valence-electron chi connectivity index (χ3n) is 3.49. The molecule has 0 atom stereocenters. The number of carbonyl (C=O) groups is 1. The molecular formula is C18H12ClN3O2S2. The number of benzene rings is 1. The van der Waals surface area contributed by atoms with Crippen LogP contribution in [0.3, 0.4) is 0 Å². The predicted octanol–water partition coefficient (Wildman–Crippen LogP) is 5.36. The maximum absolute atomic E-state index is 12.2. The van der Waals surface area contributed by atoms with Gasteiger partial charge >= 0.3 is 0 Å². The molecule has 0 bridgehead atoms. The SMILES string of the molecule is O=C(Cc1coc(-c2ccccc2)n1)Nc1nc(-c2ccc(Cl)s2)cs1. The zero-order valence-corrected chi connectivity index (χ0v) is 15.7. The molecular weight excluding hydrogens is 390 g/mol. The van der Waals surface area contributed by atoms with Crippen LogP contribution >= 0.6 is 34.3 Å². The molecule has 0 spiro atoms. The van der Waals surface area contributed by atoms with E-state index in [1.165, 1.54) is 28.9 Å². The Hall–Kier alpha value is -2.48. The number of rotatable bonds is 5. The molecule has 0 aliphatic heterocycles. The fourth-order valence-electron chi connectivity index (χ4n) is 2.33.